The smallest absolute Gasteiger partial charge is 0.159 e. The molecule has 7 nitrogen and oxygen atoms in total. The fraction of sp³-hybridized carbons (Fsp3) is 0.643. The van der Waals surface area contributed by atoms with E-state index >= 15 is 0 Å². The summed E-state index contributed by atoms with van der Waals surface area (Å²) in [6.07, 6.45) is 4.76. The number of rotatable bonds is 5. The summed E-state index contributed by atoms with van der Waals surface area (Å²) >= 11 is 0. The standard InChI is InChI=1S/C14H22N6O/c1-3-21-10-14-18-17-13-6-11(2)19(4-5-20(13)14)9-12-7-15-16-8-12/h7-8,11H,3-6,9-10H2,1-2H3,(H,15,16)/t11-/m1/s1. The Hall–Kier alpha value is -1.73. The molecule has 0 bridgehead atoms. The fourth-order valence-electron chi connectivity index (χ4n) is 2.76. The molecule has 0 aromatic carbocycles. The van der Waals surface area contributed by atoms with Gasteiger partial charge in [0.25, 0.3) is 0 Å². The highest BCUT2D eigenvalue weighted by Gasteiger charge is 2.24. The number of fused-ring (bicyclic) bond motifs is 1. The van der Waals surface area contributed by atoms with Crippen molar-refractivity contribution in [3.05, 3.63) is 29.6 Å². The van der Waals surface area contributed by atoms with Crippen LogP contribution in [0.5, 0.6) is 0 Å². The quantitative estimate of drug-likeness (QED) is 0.889. The number of hydrogen-bond donors (Lipinski definition) is 1. The largest absolute Gasteiger partial charge is 0.374 e. The molecule has 0 radical (unpaired) electrons. The SMILES string of the molecule is CCOCc1nnc2n1CCN(Cc1cn[nH]c1)[C@H](C)C2. The average Bonchev–Trinajstić information content (AvgIpc) is 3.08. The van der Waals surface area contributed by atoms with Crippen LogP contribution in [0.1, 0.15) is 31.1 Å². The molecule has 0 unspecified atom stereocenters. The summed E-state index contributed by atoms with van der Waals surface area (Å²) in [5, 5.41) is 15.5. The van der Waals surface area contributed by atoms with Crippen LogP contribution in [-0.2, 0) is 30.9 Å². The molecular formula is C14H22N6O. The molecule has 2 aromatic heterocycles. The highest BCUT2D eigenvalue weighted by Crippen LogP contribution is 2.17. The van der Waals surface area contributed by atoms with Crippen LogP contribution < -0.4 is 0 Å². The van der Waals surface area contributed by atoms with E-state index in [-0.39, 0.29) is 0 Å². The van der Waals surface area contributed by atoms with Crippen molar-refractivity contribution in [3.63, 3.8) is 0 Å². The van der Waals surface area contributed by atoms with Crippen molar-refractivity contribution >= 4 is 0 Å². The summed E-state index contributed by atoms with van der Waals surface area (Å²) in [7, 11) is 0. The Morgan fingerprint density at radius 2 is 2.29 bits per heavy atom. The van der Waals surface area contributed by atoms with Gasteiger partial charge in [-0.1, -0.05) is 0 Å². The van der Waals surface area contributed by atoms with Crippen molar-refractivity contribution < 1.29 is 4.74 Å². The highest BCUT2D eigenvalue weighted by atomic mass is 16.5. The molecule has 0 saturated heterocycles. The predicted molar refractivity (Wildman–Crippen MR) is 77.5 cm³/mol. The Labute approximate surface area is 124 Å². The fourth-order valence-corrected chi connectivity index (χ4v) is 2.76. The van der Waals surface area contributed by atoms with Crippen LogP contribution in [0.2, 0.25) is 0 Å². The van der Waals surface area contributed by atoms with Crippen molar-refractivity contribution in [2.75, 3.05) is 13.2 Å². The van der Waals surface area contributed by atoms with Crippen molar-refractivity contribution in [3.8, 4) is 0 Å². The van der Waals surface area contributed by atoms with Gasteiger partial charge in [0.2, 0.25) is 0 Å². The maximum absolute atomic E-state index is 5.47. The van der Waals surface area contributed by atoms with Gasteiger partial charge in [-0.05, 0) is 13.8 Å². The van der Waals surface area contributed by atoms with Gasteiger partial charge >= 0.3 is 0 Å². The van der Waals surface area contributed by atoms with E-state index in [0.717, 1.165) is 37.7 Å². The lowest BCUT2D eigenvalue weighted by molar-refractivity contribution is 0.124. The van der Waals surface area contributed by atoms with E-state index in [9.17, 15) is 0 Å². The molecule has 2 aromatic rings. The molecule has 1 aliphatic heterocycles. The van der Waals surface area contributed by atoms with Crippen LogP contribution in [0, 0.1) is 0 Å². The molecule has 7 heteroatoms. The normalized spacial score (nSPS) is 19.4. The predicted octanol–water partition coefficient (Wildman–Crippen LogP) is 0.984. The zero-order chi connectivity index (χ0) is 14.7. The third-order valence-corrected chi connectivity index (χ3v) is 3.99. The second-order valence-electron chi connectivity index (χ2n) is 5.45. The van der Waals surface area contributed by atoms with Crippen LogP contribution in [0.3, 0.4) is 0 Å². The van der Waals surface area contributed by atoms with E-state index in [2.05, 4.69) is 36.8 Å². The lowest BCUT2D eigenvalue weighted by Gasteiger charge is -2.25. The summed E-state index contributed by atoms with van der Waals surface area (Å²) in [6.45, 7) is 8.28. The minimum absolute atomic E-state index is 0.435. The van der Waals surface area contributed by atoms with E-state index < -0.39 is 0 Å². The Morgan fingerprint density at radius 3 is 3.05 bits per heavy atom. The van der Waals surface area contributed by atoms with Crippen molar-refractivity contribution in [1.82, 2.24) is 29.9 Å². The molecule has 0 amide bonds. The molecule has 0 fully saturated rings. The summed E-state index contributed by atoms with van der Waals surface area (Å²) in [6, 6.07) is 0.435. The molecule has 3 heterocycles. The molecule has 0 saturated carbocycles. The van der Waals surface area contributed by atoms with Crippen molar-refractivity contribution in [2.45, 2.75) is 46.0 Å². The molecule has 0 aliphatic carbocycles. The van der Waals surface area contributed by atoms with Crippen LogP contribution >= 0.6 is 0 Å². The monoisotopic (exact) mass is 290 g/mol. The van der Waals surface area contributed by atoms with Gasteiger partial charge < -0.3 is 9.30 Å². The van der Waals surface area contributed by atoms with Gasteiger partial charge in [-0.2, -0.15) is 5.10 Å². The van der Waals surface area contributed by atoms with Crippen molar-refractivity contribution in [1.29, 1.82) is 0 Å². The van der Waals surface area contributed by atoms with E-state index in [4.69, 9.17) is 4.74 Å². The number of aromatic nitrogens is 5. The molecule has 114 valence electrons. The van der Waals surface area contributed by atoms with Gasteiger partial charge in [0.15, 0.2) is 5.82 Å². The van der Waals surface area contributed by atoms with Gasteiger partial charge in [0, 0.05) is 50.5 Å². The number of hydrogen-bond acceptors (Lipinski definition) is 5. The summed E-state index contributed by atoms with van der Waals surface area (Å²) < 4.78 is 7.68. The number of H-pyrrole nitrogens is 1. The maximum atomic E-state index is 5.47. The topological polar surface area (TPSA) is 71.9 Å². The Morgan fingerprint density at radius 1 is 1.38 bits per heavy atom. The first-order chi connectivity index (χ1) is 10.3. The number of nitrogens with zero attached hydrogens (tertiary/aromatic N) is 5. The van der Waals surface area contributed by atoms with E-state index in [0.29, 0.717) is 19.3 Å². The first kappa shape index (κ1) is 14.2. The molecule has 1 aliphatic rings. The van der Waals surface area contributed by atoms with Crippen molar-refractivity contribution in [2.24, 2.45) is 0 Å². The molecule has 0 spiro atoms. The molecule has 1 atom stereocenters. The van der Waals surface area contributed by atoms with Crippen LogP contribution in [0.4, 0.5) is 0 Å². The summed E-state index contributed by atoms with van der Waals surface area (Å²) in [5.74, 6) is 2.00. The maximum Gasteiger partial charge on any atom is 0.159 e. The van der Waals surface area contributed by atoms with Crippen LogP contribution in [-0.4, -0.2) is 49.1 Å². The molecular weight excluding hydrogens is 268 g/mol. The number of aromatic amines is 1. The van der Waals surface area contributed by atoms with E-state index in [1.807, 2.05) is 19.3 Å². The van der Waals surface area contributed by atoms with Gasteiger partial charge in [0.1, 0.15) is 12.4 Å². The first-order valence-corrected chi connectivity index (χ1v) is 7.48. The van der Waals surface area contributed by atoms with Gasteiger partial charge in [-0.15, -0.1) is 10.2 Å². The van der Waals surface area contributed by atoms with E-state index in [1.165, 1.54) is 5.56 Å². The zero-order valence-electron chi connectivity index (χ0n) is 12.6. The van der Waals surface area contributed by atoms with Crippen LogP contribution in [0.15, 0.2) is 12.4 Å². The zero-order valence-corrected chi connectivity index (χ0v) is 12.6. The van der Waals surface area contributed by atoms with Gasteiger partial charge in [0.05, 0.1) is 6.20 Å². The Balaban J connectivity index is 1.71. The minimum atomic E-state index is 0.435. The molecule has 21 heavy (non-hydrogen) atoms. The summed E-state index contributed by atoms with van der Waals surface area (Å²) in [5.41, 5.74) is 1.22. The van der Waals surface area contributed by atoms with E-state index in [1.54, 1.807) is 0 Å². The second-order valence-corrected chi connectivity index (χ2v) is 5.45. The third kappa shape index (κ3) is 3.14. The minimum Gasteiger partial charge on any atom is -0.374 e. The Kier molecular flexibility index (Phi) is 4.31. The average molecular weight is 290 g/mol. The van der Waals surface area contributed by atoms with Crippen LogP contribution in [0.25, 0.3) is 0 Å². The lowest BCUT2D eigenvalue weighted by atomic mass is 10.2. The molecule has 1 N–H and O–H groups in total. The summed E-state index contributed by atoms with van der Waals surface area (Å²) in [4.78, 5) is 2.46. The highest BCUT2D eigenvalue weighted by molar-refractivity contribution is 5.05. The van der Waals surface area contributed by atoms with Gasteiger partial charge in [-0.25, -0.2) is 0 Å². The number of ether oxygens (including phenoxy) is 1. The Bertz CT molecular complexity index is 564. The third-order valence-electron chi connectivity index (χ3n) is 3.99. The molecule has 3 rings (SSSR count). The number of nitrogens with one attached hydrogen (secondary N) is 1. The first-order valence-electron chi connectivity index (χ1n) is 7.48. The lowest BCUT2D eigenvalue weighted by Crippen LogP contribution is -2.34. The second kappa shape index (κ2) is 6.36. The van der Waals surface area contributed by atoms with Gasteiger partial charge in [-0.3, -0.25) is 10.00 Å².